The van der Waals surface area contributed by atoms with Crippen LogP contribution in [-0.2, 0) is 9.59 Å². The molecule has 0 aromatic carbocycles. The summed E-state index contributed by atoms with van der Waals surface area (Å²) in [6, 6.07) is 0. The number of likely N-dealkylation sites (tertiary alicyclic amines) is 2. The first-order valence-electron chi connectivity index (χ1n) is 7.83. The Labute approximate surface area is 129 Å². The summed E-state index contributed by atoms with van der Waals surface area (Å²) >= 11 is 0. The van der Waals surface area contributed by atoms with E-state index in [1.165, 1.54) is 0 Å². The Morgan fingerprint density at radius 3 is 2.73 bits per heavy atom. The fraction of sp³-hybridized carbons (Fsp3) is 0.786. The minimum Gasteiger partial charge on any atom is -0.392 e. The van der Waals surface area contributed by atoms with Gasteiger partial charge in [-0.05, 0) is 32.2 Å². The number of β-amino-alcohol motifs (C(OH)–C–C–N with tert-alkyl or cyclic N) is 1. The molecule has 0 bridgehead atoms. The zero-order valence-corrected chi connectivity index (χ0v) is 12.6. The first-order valence-corrected chi connectivity index (χ1v) is 7.83. The number of rotatable bonds is 2. The van der Waals surface area contributed by atoms with Crippen LogP contribution in [0.2, 0.25) is 0 Å². The van der Waals surface area contributed by atoms with Gasteiger partial charge in [-0.3, -0.25) is 19.8 Å². The molecule has 0 aromatic heterocycles. The number of aliphatic hydroxyl groups excluding tert-OH is 1. The molecule has 4 N–H and O–H groups in total. The Morgan fingerprint density at radius 2 is 2.14 bits per heavy atom. The molecule has 0 radical (unpaired) electrons. The molecule has 8 heteroatoms. The van der Waals surface area contributed by atoms with Crippen molar-refractivity contribution in [1.29, 1.82) is 0 Å². The molecule has 2 saturated heterocycles. The summed E-state index contributed by atoms with van der Waals surface area (Å²) in [5, 5.41) is 12.2. The first kappa shape index (κ1) is 15.2. The van der Waals surface area contributed by atoms with Crippen LogP contribution in [0.5, 0.6) is 0 Å². The van der Waals surface area contributed by atoms with Gasteiger partial charge in [0.1, 0.15) is 5.54 Å². The SMILES string of the molecule is NC1=NC2(CCN(C(=O)CN3CCC[C@@H](O)C3)CC2)C(=O)N1. The van der Waals surface area contributed by atoms with E-state index in [0.717, 1.165) is 19.4 Å². The number of carbonyl (C=O) groups is 2. The van der Waals surface area contributed by atoms with Crippen LogP contribution in [0.25, 0.3) is 0 Å². The highest BCUT2D eigenvalue weighted by molar-refractivity contribution is 6.06. The molecular formula is C14H23N5O3. The zero-order chi connectivity index (χ0) is 15.7. The fourth-order valence-corrected chi connectivity index (χ4v) is 3.47. The minimum atomic E-state index is -0.776. The summed E-state index contributed by atoms with van der Waals surface area (Å²) < 4.78 is 0. The molecule has 0 aliphatic carbocycles. The van der Waals surface area contributed by atoms with Crippen LogP contribution < -0.4 is 11.1 Å². The van der Waals surface area contributed by atoms with Crippen molar-refractivity contribution in [2.75, 3.05) is 32.7 Å². The van der Waals surface area contributed by atoms with Gasteiger partial charge in [-0.2, -0.15) is 0 Å². The number of nitrogens with one attached hydrogen (secondary N) is 1. The van der Waals surface area contributed by atoms with Crippen molar-refractivity contribution in [2.45, 2.75) is 37.3 Å². The van der Waals surface area contributed by atoms with E-state index in [2.05, 4.69) is 10.3 Å². The normalized spacial score (nSPS) is 28.6. The maximum absolute atomic E-state index is 12.4. The lowest BCUT2D eigenvalue weighted by Crippen LogP contribution is -2.53. The first-order chi connectivity index (χ1) is 10.5. The molecule has 122 valence electrons. The summed E-state index contributed by atoms with van der Waals surface area (Å²) in [4.78, 5) is 32.3. The van der Waals surface area contributed by atoms with E-state index >= 15 is 0 Å². The third-order valence-corrected chi connectivity index (χ3v) is 4.78. The monoisotopic (exact) mass is 309 g/mol. The molecule has 22 heavy (non-hydrogen) atoms. The average Bonchev–Trinajstić information content (AvgIpc) is 2.73. The molecule has 2 amide bonds. The quantitative estimate of drug-likeness (QED) is 0.560. The van der Waals surface area contributed by atoms with Gasteiger partial charge >= 0.3 is 0 Å². The number of nitrogens with zero attached hydrogens (tertiary/aromatic N) is 3. The van der Waals surface area contributed by atoms with Crippen LogP contribution in [-0.4, -0.2) is 77.0 Å². The number of nitrogens with two attached hydrogens (primary N) is 1. The van der Waals surface area contributed by atoms with E-state index in [0.29, 0.717) is 39.0 Å². The van der Waals surface area contributed by atoms with Gasteiger partial charge in [0.15, 0.2) is 5.96 Å². The summed E-state index contributed by atoms with van der Waals surface area (Å²) in [5.41, 5.74) is 4.79. The molecule has 3 aliphatic heterocycles. The molecule has 1 atom stereocenters. The lowest BCUT2D eigenvalue weighted by Gasteiger charge is -2.37. The van der Waals surface area contributed by atoms with Crippen LogP contribution in [0.3, 0.4) is 0 Å². The molecule has 3 aliphatic rings. The van der Waals surface area contributed by atoms with Crippen LogP contribution in [0.1, 0.15) is 25.7 Å². The molecule has 0 saturated carbocycles. The zero-order valence-electron chi connectivity index (χ0n) is 12.6. The van der Waals surface area contributed by atoms with E-state index < -0.39 is 5.54 Å². The summed E-state index contributed by atoms with van der Waals surface area (Å²) in [5.74, 6) is 0.0719. The molecule has 2 fully saturated rings. The van der Waals surface area contributed by atoms with Crippen molar-refractivity contribution in [1.82, 2.24) is 15.1 Å². The van der Waals surface area contributed by atoms with Crippen molar-refractivity contribution in [3.05, 3.63) is 0 Å². The smallest absolute Gasteiger partial charge is 0.254 e. The number of piperidine rings is 2. The van der Waals surface area contributed by atoms with Gasteiger partial charge in [0.05, 0.1) is 12.6 Å². The number of amides is 2. The fourth-order valence-electron chi connectivity index (χ4n) is 3.47. The highest BCUT2D eigenvalue weighted by Crippen LogP contribution is 2.29. The summed E-state index contributed by atoms with van der Waals surface area (Å²) in [6.07, 6.45) is 2.42. The van der Waals surface area contributed by atoms with Crippen molar-refractivity contribution in [2.24, 2.45) is 10.7 Å². The molecule has 0 aromatic rings. The van der Waals surface area contributed by atoms with Gasteiger partial charge in [0.2, 0.25) is 5.91 Å². The van der Waals surface area contributed by atoms with Crippen molar-refractivity contribution < 1.29 is 14.7 Å². The molecule has 0 unspecified atom stereocenters. The molecular weight excluding hydrogens is 286 g/mol. The van der Waals surface area contributed by atoms with Gasteiger partial charge in [-0.15, -0.1) is 0 Å². The Hall–Kier alpha value is -1.67. The number of hydrogen-bond donors (Lipinski definition) is 3. The molecule has 3 rings (SSSR count). The maximum atomic E-state index is 12.4. The maximum Gasteiger partial charge on any atom is 0.254 e. The highest BCUT2D eigenvalue weighted by atomic mass is 16.3. The molecule has 8 nitrogen and oxygen atoms in total. The van der Waals surface area contributed by atoms with Gasteiger partial charge < -0.3 is 15.7 Å². The van der Waals surface area contributed by atoms with Gasteiger partial charge in [0, 0.05) is 19.6 Å². The van der Waals surface area contributed by atoms with Crippen LogP contribution >= 0.6 is 0 Å². The van der Waals surface area contributed by atoms with Crippen LogP contribution in [0.4, 0.5) is 0 Å². The van der Waals surface area contributed by atoms with E-state index in [9.17, 15) is 14.7 Å². The summed E-state index contributed by atoms with van der Waals surface area (Å²) in [6.45, 7) is 2.77. The third kappa shape index (κ3) is 2.93. The number of carbonyl (C=O) groups excluding carboxylic acids is 2. The standard InChI is InChI=1S/C14H23N5O3/c15-13-16-12(22)14(17-13)3-6-19(7-4-14)11(21)9-18-5-1-2-10(20)8-18/h10,20H,1-9H2,(H3,15,16,17,22)/t10-/m1/s1. The largest absolute Gasteiger partial charge is 0.392 e. The number of aliphatic imine (C=N–C) groups is 1. The number of aliphatic hydroxyl groups is 1. The Kier molecular flexibility index (Phi) is 4.05. The predicted molar refractivity (Wildman–Crippen MR) is 80.0 cm³/mol. The van der Waals surface area contributed by atoms with Crippen LogP contribution in [0, 0.1) is 0 Å². The third-order valence-electron chi connectivity index (χ3n) is 4.78. The summed E-state index contributed by atoms with van der Waals surface area (Å²) in [7, 11) is 0. The van der Waals surface area contributed by atoms with Gasteiger partial charge in [-0.1, -0.05) is 0 Å². The molecule has 1 spiro atoms. The molecule has 3 heterocycles. The minimum absolute atomic E-state index is 0.0549. The lowest BCUT2D eigenvalue weighted by atomic mass is 9.88. The Morgan fingerprint density at radius 1 is 1.41 bits per heavy atom. The van der Waals surface area contributed by atoms with Crippen molar-refractivity contribution in [3.8, 4) is 0 Å². The topological polar surface area (TPSA) is 111 Å². The van der Waals surface area contributed by atoms with E-state index in [1.807, 2.05) is 4.90 Å². The van der Waals surface area contributed by atoms with E-state index in [1.54, 1.807) is 4.90 Å². The second-order valence-electron chi connectivity index (χ2n) is 6.39. The predicted octanol–water partition coefficient (Wildman–Crippen LogP) is -1.75. The average molecular weight is 309 g/mol. The second-order valence-corrected chi connectivity index (χ2v) is 6.39. The second kappa shape index (κ2) is 5.85. The Balaban J connectivity index is 1.53. The van der Waals surface area contributed by atoms with Gasteiger partial charge in [0.25, 0.3) is 5.91 Å². The van der Waals surface area contributed by atoms with E-state index in [4.69, 9.17) is 5.73 Å². The van der Waals surface area contributed by atoms with Gasteiger partial charge in [-0.25, -0.2) is 4.99 Å². The van der Waals surface area contributed by atoms with Crippen molar-refractivity contribution in [3.63, 3.8) is 0 Å². The van der Waals surface area contributed by atoms with Crippen molar-refractivity contribution >= 4 is 17.8 Å². The number of hydrogen-bond acceptors (Lipinski definition) is 6. The Bertz CT molecular complexity index is 499. The van der Waals surface area contributed by atoms with Crippen LogP contribution in [0.15, 0.2) is 4.99 Å². The van der Waals surface area contributed by atoms with E-state index in [-0.39, 0.29) is 23.9 Å². The lowest BCUT2D eigenvalue weighted by molar-refractivity contribution is -0.137. The highest BCUT2D eigenvalue weighted by Gasteiger charge is 2.46. The number of guanidine groups is 1.